The van der Waals surface area contributed by atoms with Crippen LogP contribution in [0, 0.1) is 5.92 Å². The van der Waals surface area contributed by atoms with E-state index in [1.807, 2.05) is 4.90 Å². The molecule has 1 atom stereocenters. The Balaban J connectivity index is 0.000000225. The third kappa shape index (κ3) is 7.74. The SMILES string of the molecule is CCc1ccc(NCC(C)C)cc1.O=S(=O)(O)c1ccc2c(c1)C(O)CCN2Cc1ccncn1. The van der Waals surface area contributed by atoms with E-state index in [4.69, 9.17) is 4.55 Å². The van der Waals surface area contributed by atoms with Crippen molar-refractivity contribution in [1.29, 1.82) is 0 Å². The summed E-state index contributed by atoms with van der Waals surface area (Å²) < 4.78 is 31.6. The average molecular weight is 499 g/mol. The fourth-order valence-corrected chi connectivity index (χ4v) is 4.27. The van der Waals surface area contributed by atoms with Crippen molar-refractivity contribution in [2.45, 2.75) is 51.2 Å². The van der Waals surface area contributed by atoms with Gasteiger partial charge in [0.05, 0.1) is 23.2 Å². The van der Waals surface area contributed by atoms with Gasteiger partial charge >= 0.3 is 0 Å². The summed E-state index contributed by atoms with van der Waals surface area (Å²) in [5.41, 5.74) is 4.69. The number of rotatable bonds is 7. The minimum absolute atomic E-state index is 0.214. The van der Waals surface area contributed by atoms with Gasteiger partial charge in [-0.25, -0.2) is 9.97 Å². The van der Waals surface area contributed by atoms with Crippen LogP contribution in [0.5, 0.6) is 0 Å². The van der Waals surface area contributed by atoms with Gasteiger partial charge < -0.3 is 15.3 Å². The van der Waals surface area contributed by atoms with E-state index in [2.05, 4.69) is 60.3 Å². The lowest BCUT2D eigenvalue weighted by Crippen LogP contribution is -2.31. The molecule has 1 unspecified atom stereocenters. The molecule has 0 radical (unpaired) electrons. The predicted octanol–water partition coefficient (Wildman–Crippen LogP) is 4.48. The minimum atomic E-state index is -4.29. The number of hydrogen-bond donors (Lipinski definition) is 3. The summed E-state index contributed by atoms with van der Waals surface area (Å²) in [5.74, 6) is 0.700. The van der Waals surface area contributed by atoms with Crippen LogP contribution in [0.3, 0.4) is 0 Å². The Morgan fingerprint density at radius 3 is 2.49 bits per heavy atom. The second kappa shape index (κ2) is 12.1. The Labute approximate surface area is 207 Å². The molecule has 3 aromatic rings. The van der Waals surface area contributed by atoms with Crippen molar-refractivity contribution in [3.63, 3.8) is 0 Å². The highest BCUT2D eigenvalue weighted by molar-refractivity contribution is 7.85. The molecule has 9 heteroatoms. The second-order valence-corrected chi connectivity index (χ2v) is 10.4. The van der Waals surface area contributed by atoms with Crippen LogP contribution in [0.1, 0.15) is 50.1 Å². The Morgan fingerprint density at radius 2 is 1.89 bits per heavy atom. The Bertz CT molecular complexity index is 1190. The van der Waals surface area contributed by atoms with Crippen LogP contribution >= 0.6 is 0 Å². The highest BCUT2D eigenvalue weighted by atomic mass is 32.2. The summed E-state index contributed by atoms with van der Waals surface area (Å²) in [5, 5.41) is 13.5. The molecule has 1 aliphatic heterocycles. The third-order valence-electron chi connectivity index (χ3n) is 5.74. The standard InChI is InChI=1S/C14H15N3O4S.C12H19N/c18-14-4-6-17(8-10-3-5-15-9-16-10)13-2-1-11(7-12(13)14)22(19,20)21;1-4-11-5-7-12(8-6-11)13-9-10(2)3/h1-3,5,7,9,14,18H,4,6,8H2,(H,19,20,21);5-8,10,13H,4,9H2,1-3H3. The van der Waals surface area contributed by atoms with E-state index in [0.717, 1.165) is 24.3 Å². The fraction of sp³-hybridized carbons (Fsp3) is 0.385. The van der Waals surface area contributed by atoms with Crippen molar-refractivity contribution < 1.29 is 18.1 Å². The van der Waals surface area contributed by atoms with Crippen LogP contribution in [0.15, 0.2) is 66.0 Å². The zero-order valence-corrected chi connectivity index (χ0v) is 21.2. The third-order valence-corrected chi connectivity index (χ3v) is 6.59. The number of nitrogens with zero attached hydrogens (tertiary/aromatic N) is 3. The number of aliphatic hydroxyl groups is 1. The number of nitrogens with one attached hydrogen (secondary N) is 1. The van der Waals surface area contributed by atoms with E-state index in [1.54, 1.807) is 18.3 Å². The first-order chi connectivity index (χ1) is 16.7. The summed E-state index contributed by atoms with van der Waals surface area (Å²) in [7, 11) is -4.29. The lowest BCUT2D eigenvalue weighted by Gasteiger charge is -2.33. The number of benzene rings is 2. The van der Waals surface area contributed by atoms with E-state index < -0.39 is 16.2 Å². The molecule has 2 aromatic carbocycles. The Morgan fingerprint density at radius 1 is 1.14 bits per heavy atom. The van der Waals surface area contributed by atoms with Crippen LogP contribution in [-0.2, 0) is 23.1 Å². The van der Waals surface area contributed by atoms with E-state index >= 15 is 0 Å². The van der Waals surface area contributed by atoms with Gasteiger partial charge in [0, 0.05) is 36.2 Å². The van der Waals surface area contributed by atoms with Crippen molar-refractivity contribution in [3.05, 3.63) is 77.9 Å². The first-order valence-corrected chi connectivity index (χ1v) is 13.2. The second-order valence-electron chi connectivity index (χ2n) is 8.95. The molecule has 1 aliphatic rings. The molecule has 0 aliphatic carbocycles. The molecular weight excluding hydrogens is 464 g/mol. The van der Waals surface area contributed by atoms with Crippen LogP contribution in [-0.4, -0.2) is 41.1 Å². The largest absolute Gasteiger partial charge is 0.388 e. The smallest absolute Gasteiger partial charge is 0.294 e. The zero-order valence-electron chi connectivity index (χ0n) is 20.4. The maximum atomic E-state index is 11.2. The molecular formula is C26H34N4O4S. The van der Waals surface area contributed by atoms with Crippen molar-refractivity contribution in [3.8, 4) is 0 Å². The van der Waals surface area contributed by atoms with Gasteiger partial charge in [0.1, 0.15) is 6.33 Å². The van der Waals surface area contributed by atoms with Gasteiger partial charge in [0.2, 0.25) is 0 Å². The molecule has 1 aromatic heterocycles. The molecule has 0 saturated carbocycles. The van der Waals surface area contributed by atoms with E-state index in [0.29, 0.717) is 31.0 Å². The van der Waals surface area contributed by atoms with E-state index in [9.17, 15) is 13.5 Å². The summed E-state index contributed by atoms with van der Waals surface area (Å²) >= 11 is 0. The van der Waals surface area contributed by atoms with Crippen LogP contribution < -0.4 is 10.2 Å². The van der Waals surface area contributed by atoms with Gasteiger partial charge in [-0.1, -0.05) is 32.9 Å². The van der Waals surface area contributed by atoms with Gasteiger partial charge in [-0.05, 0) is 60.7 Å². The molecule has 0 fully saturated rings. The van der Waals surface area contributed by atoms with Gasteiger partial charge in [0.25, 0.3) is 10.1 Å². The summed E-state index contributed by atoms with van der Waals surface area (Å²) in [6.07, 6.45) is 3.97. The van der Waals surface area contributed by atoms with E-state index in [1.165, 1.54) is 29.7 Å². The van der Waals surface area contributed by atoms with Crippen LogP contribution in [0.4, 0.5) is 11.4 Å². The number of hydrogen-bond acceptors (Lipinski definition) is 7. The zero-order chi connectivity index (χ0) is 25.4. The normalized spacial score (nSPS) is 15.3. The maximum Gasteiger partial charge on any atom is 0.294 e. The quantitative estimate of drug-likeness (QED) is 0.408. The van der Waals surface area contributed by atoms with Gasteiger partial charge in [-0.3, -0.25) is 4.55 Å². The average Bonchev–Trinajstić information content (AvgIpc) is 2.85. The number of aliphatic hydroxyl groups excluding tert-OH is 1. The highest BCUT2D eigenvalue weighted by Gasteiger charge is 2.26. The Hall–Kier alpha value is -3.01. The summed E-state index contributed by atoms with van der Waals surface area (Å²) in [6.45, 7) is 8.82. The topological polar surface area (TPSA) is 116 Å². The molecule has 4 rings (SSSR count). The maximum absolute atomic E-state index is 11.2. The van der Waals surface area contributed by atoms with Gasteiger partial charge in [-0.15, -0.1) is 0 Å². The molecule has 0 amide bonds. The predicted molar refractivity (Wildman–Crippen MR) is 138 cm³/mol. The van der Waals surface area contributed by atoms with E-state index in [-0.39, 0.29) is 4.90 Å². The highest BCUT2D eigenvalue weighted by Crippen LogP contribution is 2.36. The van der Waals surface area contributed by atoms with Crippen molar-refractivity contribution >= 4 is 21.5 Å². The molecule has 8 nitrogen and oxygen atoms in total. The first kappa shape index (κ1) is 26.6. The molecule has 0 spiro atoms. The van der Waals surface area contributed by atoms with Crippen LogP contribution in [0.2, 0.25) is 0 Å². The summed E-state index contributed by atoms with van der Waals surface area (Å²) in [4.78, 5) is 9.84. The minimum Gasteiger partial charge on any atom is -0.388 e. The van der Waals surface area contributed by atoms with Crippen molar-refractivity contribution in [2.24, 2.45) is 5.92 Å². The number of anilines is 2. The molecule has 188 valence electrons. The molecule has 0 bridgehead atoms. The molecule has 3 N–H and O–H groups in total. The number of fused-ring (bicyclic) bond motifs is 1. The van der Waals surface area contributed by atoms with Gasteiger partial charge in [0.15, 0.2) is 0 Å². The van der Waals surface area contributed by atoms with Crippen LogP contribution in [0.25, 0.3) is 0 Å². The lowest BCUT2D eigenvalue weighted by atomic mass is 9.98. The summed E-state index contributed by atoms with van der Waals surface area (Å²) in [6, 6.07) is 14.7. The number of aromatic nitrogens is 2. The Kier molecular flexibility index (Phi) is 9.20. The van der Waals surface area contributed by atoms with Crippen molar-refractivity contribution in [1.82, 2.24) is 9.97 Å². The first-order valence-electron chi connectivity index (χ1n) is 11.8. The molecule has 35 heavy (non-hydrogen) atoms. The number of aryl methyl sites for hydroxylation is 1. The molecule has 2 heterocycles. The van der Waals surface area contributed by atoms with Gasteiger partial charge in [-0.2, -0.15) is 8.42 Å². The fourth-order valence-electron chi connectivity index (χ4n) is 3.75. The van der Waals surface area contributed by atoms with Crippen molar-refractivity contribution in [2.75, 3.05) is 23.3 Å². The lowest BCUT2D eigenvalue weighted by molar-refractivity contribution is 0.163. The molecule has 0 saturated heterocycles. The monoisotopic (exact) mass is 498 g/mol.